The summed E-state index contributed by atoms with van der Waals surface area (Å²) in [6, 6.07) is 15.4. The van der Waals surface area contributed by atoms with Gasteiger partial charge in [0.05, 0.1) is 7.11 Å². The lowest BCUT2D eigenvalue weighted by Crippen LogP contribution is -2.47. The Labute approximate surface area is 180 Å². The van der Waals surface area contributed by atoms with Crippen molar-refractivity contribution < 1.29 is 14.3 Å². The van der Waals surface area contributed by atoms with Gasteiger partial charge in [0.15, 0.2) is 0 Å². The summed E-state index contributed by atoms with van der Waals surface area (Å²) in [7, 11) is 1.62. The lowest BCUT2D eigenvalue weighted by atomic mass is 10.0. The highest BCUT2D eigenvalue weighted by molar-refractivity contribution is 5.87. The predicted octanol–water partition coefficient (Wildman–Crippen LogP) is 4.13. The molecule has 0 spiro atoms. The Kier molecular flexibility index (Phi) is 9.39. The van der Waals surface area contributed by atoms with Crippen LogP contribution in [0.2, 0.25) is 0 Å². The number of nitrogens with one attached hydrogen (secondary N) is 1. The lowest BCUT2D eigenvalue weighted by Gasteiger charge is -2.29. The molecule has 0 aliphatic rings. The average Bonchev–Trinajstić information content (AvgIpc) is 2.79. The summed E-state index contributed by atoms with van der Waals surface area (Å²) in [6.45, 7) is 6.90. The van der Waals surface area contributed by atoms with E-state index < -0.39 is 6.04 Å². The van der Waals surface area contributed by atoms with Gasteiger partial charge in [-0.3, -0.25) is 9.59 Å². The maximum atomic E-state index is 13.1. The number of hydrogen-bond acceptors (Lipinski definition) is 3. The summed E-state index contributed by atoms with van der Waals surface area (Å²) in [5.41, 5.74) is 3.35. The standard InChI is InChI=1S/C25H34N2O3/c1-5-16-26-25(29)19(3)27(18-22-8-7-9-23(17-22)30-4)24(28)15-14-21-12-10-20(6-2)11-13-21/h7-13,17,19H,5-6,14-16,18H2,1-4H3,(H,26,29)/t19-/m0/s1. The molecular formula is C25H34N2O3. The molecule has 2 rings (SSSR count). The zero-order chi connectivity index (χ0) is 21.9. The van der Waals surface area contributed by atoms with Crippen molar-refractivity contribution in [2.75, 3.05) is 13.7 Å². The number of hydrogen-bond donors (Lipinski definition) is 1. The second-order valence-electron chi connectivity index (χ2n) is 7.51. The Balaban J connectivity index is 2.13. The average molecular weight is 411 g/mol. The normalized spacial score (nSPS) is 11.6. The number of ether oxygens (including phenoxy) is 1. The highest BCUT2D eigenvalue weighted by Crippen LogP contribution is 2.17. The van der Waals surface area contributed by atoms with Crippen molar-refractivity contribution in [1.82, 2.24) is 10.2 Å². The van der Waals surface area contributed by atoms with E-state index in [0.29, 0.717) is 25.9 Å². The molecule has 0 aromatic heterocycles. The maximum Gasteiger partial charge on any atom is 0.242 e. The monoisotopic (exact) mass is 410 g/mol. The Morgan fingerprint density at radius 2 is 1.73 bits per heavy atom. The zero-order valence-corrected chi connectivity index (χ0v) is 18.6. The van der Waals surface area contributed by atoms with Crippen molar-refractivity contribution in [1.29, 1.82) is 0 Å². The molecule has 5 nitrogen and oxygen atoms in total. The molecule has 0 saturated heterocycles. The number of methoxy groups -OCH3 is 1. The van der Waals surface area contributed by atoms with E-state index in [1.807, 2.05) is 31.2 Å². The van der Waals surface area contributed by atoms with Crippen LogP contribution in [0, 0.1) is 0 Å². The summed E-state index contributed by atoms with van der Waals surface area (Å²) in [5, 5.41) is 2.90. The minimum atomic E-state index is -0.544. The van der Waals surface area contributed by atoms with Gasteiger partial charge in [0, 0.05) is 19.5 Å². The van der Waals surface area contributed by atoms with Gasteiger partial charge in [0.2, 0.25) is 11.8 Å². The Morgan fingerprint density at radius 1 is 1.03 bits per heavy atom. The zero-order valence-electron chi connectivity index (χ0n) is 18.6. The molecule has 2 aromatic carbocycles. The van der Waals surface area contributed by atoms with Crippen molar-refractivity contribution >= 4 is 11.8 Å². The van der Waals surface area contributed by atoms with Crippen LogP contribution in [0.4, 0.5) is 0 Å². The van der Waals surface area contributed by atoms with Crippen molar-refractivity contribution in [3.8, 4) is 5.75 Å². The first-order chi connectivity index (χ1) is 14.5. The summed E-state index contributed by atoms with van der Waals surface area (Å²) in [6.07, 6.45) is 2.87. The van der Waals surface area contributed by atoms with Gasteiger partial charge < -0.3 is 15.0 Å². The smallest absolute Gasteiger partial charge is 0.242 e. The van der Waals surface area contributed by atoms with Crippen LogP contribution in [-0.2, 0) is 29.0 Å². The van der Waals surface area contributed by atoms with Gasteiger partial charge in [-0.15, -0.1) is 0 Å². The maximum absolute atomic E-state index is 13.1. The fourth-order valence-corrected chi connectivity index (χ4v) is 3.28. The van der Waals surface area contributed by atoms with E-state index in [4.69, 9.17) is 4.74 Å². The van der Waals surface area contributed by atoms with Crippen LogP contribution in [0.25, 0.3) is 0 Å². The fourth-order valence-electron chi connectivity index (χ4n) is 3.28. The van der Waals surface area contributed by atoms with Gasteiger partial charge in [-0.25, -0.2) is 0 Å². The highest BCUT2D eigenvalue weighted by atomic mass is 16.5. The minimum Gasteiger partial charge on any atom is -0.497 e. The number of benzene rings is 2. The molecule has 0 unspecified atom stereocenters. The van der Waals surface area contributed by atoms with Crippen LogP contribution in [0.1, 0.15) is 50.3 Å². The molecule has 0 aliphatic carbocycles. The number of carbonyl (C=O) groups excluding carboxylic acids is 2. The largest absolute Gasteiger partial charge is 0.497 e. The van der Waals surface area contributed by atoms with Gasteiger partial charge >= 0.3 is 0 Å². The molecule has 0 aliphatic heterocycles. The highest BCUT2D eigenvalue weighted by Gasteiger charge is 2.25. The van der Waals surface area contributed by atoms with Crippen molar-refractivity contribution in [3.63, 3.8) is 0 Å². The number of amides is 2. The molecule has 1 atom stereocenters. The van der Waals surface area contributed by atoms with E-state index in [-0.39, 0.29) is 11.8 Å². The van der Waals surface area contributed by atoms with Gasteiger partial charge in [-0.1, -0.05) is 50.2 Å². The van der Waals surface area contributed by atoms with Crippen LogP contribution < -0.4 is 10.1 Å². The van der Waals surface area contributed by atoms with E-state index >= 15 is 0 Å². The Hall–Kier alpha value is -2.82. The van der Waals surface area contributed by atoms with Crippen LogP contribution in [0.3, 0.4) is 0 Å². The third kappa shape index (κ3) is 6.90. The van der Waals surface area contributed by atoms with Crippen LogP contribution >= 0.6 is 0 Å². The number of nitrogens with zero attached hydrogens (tertiary/aromatic N) is 1. The molecule has 2 amide bonds. The van der Waals surface area contributed by atoms with Crippen LogP contribution in [0.15, 0.2) is 48.5 Å². The van der Waals surface area contributed by atoms with Gasteiger partial charge in [-0.05, 0) is 55.0 Å². The summed E-state index contributed by atoms with van der Waals surface area (Å²) < 4.78 is 5.30. The van der Waals surface area contributed by atoms with Crippen molar-refractivity contribution in [2.45, 2.75) is 59.0 Å². The molecule has 0 fully saturated rings. The van der Waals surface area contributed by atoms with Gasteiger partial charge in [-0.2, -0.15) is 0 Å². The molecule has 0 heterocycles. The van der Waals surface area contributed by atoms with Gasteiger partial charge in [0.1, 0.15) is 11.8 Å². The second kappa shape index (κ2) is 12.0. The first kappa shape index (κ1) is 23.5. The lowest BCUT2D eigenvalue weighted by molar-refractivity contribution is -0.140. The Morgan fingerprint density at radius 3 is 2.37 bits per heavy atom. The minimum absolute atomic E-state index is 0.0310. The number of aryl methyl sites for hydroxylation is 2. The third-order valence-electron chi connectivity index (χ3n) is 5.26. The molecule has 2 aromatic rings. The molecule has 162 valence electrons. The van der Waals surface area contributed by atoms with Gasteiger partial charge in [0.25, 0.3) is 0 Å². The molecule has 0 saturated carbocycles. The molecule has 30 heavy (non-hydrogen) atoms. The summed E-state index contributed by atoms with van der Waals surface area (Å²) in [5.74, 6) is 0.580. The first-order valence-electron chi connectivity index (χ1n) is 10.8. The van der Waals surface area contributed by atoms with E-state index in [2.05, 4.69) is 36.5 Å². The number of carbonyl (C=O) groups is 2. The van der Waals surface area contributed by atoms with E-state index in [9.17, 15) is 9.59 Å². The molecule has 0 radical (unpaired) electrons. The summed E-state index contributed by atoms with van der Waals surface area (Å²) >= 11 is 0. The molecular weight excluding hydrogens is 376 g/mol. The van der Waals surface area contributed by atoms with Crippen LogP contribution in [-0.4, -0.2) is 36.4 Å². The quantitative estimate of drug-likeness (QED) is 0.606. The molecule has 5 heteroatoms. The van der Waals surface area contributed by atoms with Crippen molar-refractivity contribution in [3.05, 3.63) is 65.2 Å². The molecule has 1 N–H and O–H groups in total. The van der Waals surface area contributed by atoms with E-state index in [1.54, 1.807) is 18.9 Å². The third-order valence-corrected chi connectivity index (χ3v) is 5.26. The van der Waals surface area contributed by atoms with Crippen LogP contribution in [0.5, 0.6) is 5.75 Å². The van der Waals surface area contributed by atoms with Crippen molar-refractivity contribution in [2.24, 2.45) is 0 Å². The fraction of sp³-hybridized carbons (Fsp3) is 0.440. The molecule has 0 bridgehead atoms. The van der Waals surface area contributed by atoms with E-state index in [1.165, 1.54) is 5.56 Å². The van der Waals surface area contributed by atoms with E-state index in [0.717, 1.165) is 29.7 Å². The summed E-state index contributed by atoms with van der Waals surface area (Å²) in [4.78, 5) is 27.4. The number of rotatable bonds is 11. The predicted molar refractivity (Wildman–Crippen MR) is 120 cm³/mol. The first-order valence-corrected chi connectivity index (χ1v) is 10.8. The Bertz CT molecular complexity index is 817. The SMILES string of the molecule is CCCNC(=O)[C@H](C)N(Cc1cccc(OC)c1)C(=O)CCc1ccc(CC)cc1. The second-order valence-corrected chi connectivity index (χ2v) is 7.51. The topological polar surface area (TPSA) is 58.6 Å².